The number of piperidine rings is 1. The van der Waals surface area contributed by atoms with Crippen LogP contribution >= 0.6 is 0 Å². The van der Waals surface area contributed by atoms with Crippen LogP contribution in [-0.2, 0) is 4.79 Å². The Labute approximate surface area is 137 Å². The first-order chi connectivity index (χ1) is 11.2. The van der Waals surface area contributed by atoms with Gasteiger partial charge in [0.1, 0.15) is 0 Å². The van der Waals surface area contributed by atoms with Crippen LogP contribution in [0.15, 0.2) is 12.4 Å². The van der Waals surface area contributed by atoms with Gasteiger partial charge in [-0.25, -0.2) is 0 Å². The van der Waals surface area contributed by atoms with Crippen molar-refractivity contribution in [3.8, 4) is 0 Å². The van der Waals surface area contributed by atoms with Gasteiger partial charge in [0.15, 0.2) is 0 Å². The van der Waals surface area contributed by atoms with Gasteiger partial charge in [-0.15, -0.1) is 0 Å². The summed E-state index contributed by atoms with van der Waals surface area (Å²) in [7, 11) is 0. The molecule has 0 aromatic carbocycles. The van der Waals surface area contributed by atoms with Gasteiger partial charge in [0, 0.05) is 37.7 Å². The molecule has 1 aliphatic heterocycles. The lowest BCUT2D eigenvalue weighted by molar-refractivity contribution is -0.137. The van der Waals surface area contributed by atoms with Crippen molar-refractivity contribution in [1.29, 1.82) is 0 Å². The van der Waals surface area contributed by atoms with Crippen LogP contribution in [0.5, 0.6) is 0 Å². The number of aromatic amines is 1. The third-order valence-corrected chi connectivity index (χ3v) is 4.20. The number of likely N-dealkylation sites (tertiary alicyclic amines) is 1. The number of rotatable bonds is 5. The number of nitrogens with zero attached hydrogens (tertiary/aromatic N) is 2. The van der Waals surface area contributed by atoms with Crippen molar-refractivity contribution >= 4 is 11.8 Å². The Bertz CT molecular complexity index is 564. The highest BCUT2D eigenvalue weighted by molar-refractivity contribution is 5.93. The van der Waals surface area contributed by atoms with E-state index in [4.69, 9.17) is 0 Å². The average molecular weight is 346 g/mol. The second-order valence-corrected chi connectivity index (χ2v) is 6.36. The van der Waals surface area contributed by atoms with Crippen LogP contribution in [0.2, 0.25) is 0 Å². The second-order valence-electron chi connectivity index (χ2n) is 6.36. The third kappa shape index (κ3) is 5.24. The fourth-order valence-electron chi connectivity index (χ4n) is 2.73. The number of amides is 2. The molecule has 0 spiro atoms. The van der Waals surface area contributed by atoms with E-state index in [2.05, 4.69) is 15.5 Å². The molecule has 134 valence electrons. The molecular formula is C15H21F3N4O2. The molecule has 0 saturated carbocycles. The fourth-order valence-corrected chi connectivity index (χ4v) is 2.73. The van der Waals surface area contributed by atoms with E-state index < -0.39 is 18.1 Å². The van der Waals surface area contributed by atoms with Gasteiger partial charge in [0.25, 0.3) is 5.91 Å². The number of nitrogens with one attached hydrogen (secondary N) is 2. The zero-order valence-corrected chi connectivity index (χ0v) is 13.4. The predicted molar refractivity (Wildman–Crippen MR) is 80.2 cm³/mol. The highest BCUT2D eigenvalue weighted by atomic mass is 19.4. The Morgan fingerprint density at radius 3 is 2.58 bits per heavy atom. The van der Waals surface area contributed by atoms with E-state index in [0.29, 0.717) is 31.5 Å². The summed E-state index contributed by atoms with van der Waals surface area (Å²) in [6.45, 7) is 2.81. The zero-order chi connectivity index (χ0) is 17.8. The molecule has 1 aromatic heterocycles. The summed E-state index contributed by atoms with van der Waals surface area (Å²) in [6, 6.07) is 0. The SMILES string of the molecule is CC1(NC(=O)CCCC(F)(F)F)CCN(C(=O)c2cn[nH]c2)CC1. The van der Waals surface area contributed by atoms with Crippen molar-refractivity contribution in [2.75, 3.05) is 13.1 Å². The number of hydrogen-bond acceptors (Lipinski definition) is 3. The molecule has 1 saturated heterocycles. The second kappa shape index (κ2) is 7.23. The molecule has 2 heterocycles. The van der Waals surface area contributed by atoms with Gasteiger partial charge < -0.3 is 10.2 Å². The summed E-state index contributed by atoms with van der Waals surface area (Å²) in [5.74, 6) is -0.501. The molecule has 0 radical (unpaired) electrons. The predicted octanol–water partition coefficient (Wildman–Crippen LogP) is 2.25. The summed E-state index contributed by atoms with van der Waals surface area (Å²) in [4.78, 5) is 25.7. The van der Waals surface area contributed by atoms with Crippen molar-refractivity contribution in [1.82, 2.24) is 20.4 Å². The number of H-pyrrole nitrogens is 1. The first-order valence-electron chi connectivity index (χ1n) is 7.84. The summed E-state index contributed by atoms with van der Waals surface area (Å²) < 4.78 is 36.3. The Morgan fingerprint density at radius 2 is 2.04 bits per heavy atom. The quantitative estimate of drug-likeness (QED) is 0.858. The average Bonchev–Trinajstić information content (AvgIpc) is 2.99. The van der Waals surface area contributed by atoms with Gasteiger partial charge in [-0.3, -0.25) is 14.7 Å². The van der Waals surface area contributed by atoms with Gasteiger partial charge in [0.2, 0.25) is 5.91 Å². The summed E-state index contributed by atoms with van der Waals surface area (Å²) >= 11 is 0. The highest BCUT2D eigenvalue weighted by Gasteiger charge is 2.34. The molecule has 6 nitrogen and oxygen atoms in total. The van der Waals surface area contributed by atoms with Gasteiger partial charge in [0.05, 0.1) is 11.8 Å². The van der Waals surface area contributed by atoms with E-state index in [-0.39, 0.29) is 24.7 Å². The van der Waals surface area contributed by atoms with Crippen molar-refractivity contribution in [2.45, 2.75) is 50.7 Å². The normalized spacial score (nSPS) is 17.6. The third-order valence-electron chi connectivity index (χ3n) is 4.20. The zero-order valence-electron chi connectivity index (χ0n) is 13.4. The Kier molecular flexibility index (Phi) is 5.51. The van der Waals surface area contributed by atoms with Crippen LogP contribution in [0.1, 0.15) is 49.4 Å². The lowest BCUT2D eigenvalue weighted by atomic mass is 9.89. The number of alkyl halides is 3. The minimum absolute atomic E-state index is 0.123. The molecule has 0 unspecified atom stereocenters. The van der Waals surface area contributed by atoms with E-state index in [1.807, 2.05) is 6.92 Å². The van der Waals surface area contributed by atoms with Gasteiger partial charge in [-0.2, -0.15) is 18.3 Å². The van der Waals surface area contributed by atoms with Crippen LogP contribution in [0.4, 0.5) is 13.2 Å². The molecule has 9 heteroatoms. The van der Waals surface area contributed by atoms with Crippen molar-refractivity contribution < 1.29 is 22.8 Å². The monoisotopic (exact) mass is 346 g/mol. The first kappa shape index (κ1) is 18.3. The van der Waals surface area contributed by atoms with Crippen LogP contribution in [0.25, 0.3) is 0 Å². The molecule has 1 aliphatic rings. The largest absolute Gasteiger partial charge is 0.389 e. The van der Waals surface area contributed by atoms with Crippen molar-refractivity contribution in [3.05, 3.63) is 18.0 Å². The minimum atomic E-state index is -4.23. The highest BCUT2D eigenvalue weighted by Crippen LogP contribution is 2.24. The maximum absolute atomic E-state index is 12.2. The van der Waals surface area contributed by atoms with E-state index in [0.717, 1.165) is 0 Å². The molecule has 0 aliphatic carbocycles. The Morgan fingerprint density at radius 1 is 1.38 bits per heavy atom. The van der Waals surface area contributed by atoms with Gasteiger partial charge in [-0.05, 0) is 26.2 Å². The maximum atomic E-state index is 12.2. The molecule has 2 rings (SSSR count). The Hall–Kier alpha value is -2.06. The van der Waals surface area contributed by atoms with Crippen LogP contribution in [0, 0.1) is 0 Å². The molecular weight excluding hydrogens is 325 g/mol. The molecule has 24 heavy (non-hydrogen) atoms. The van der Waals surface area contributed by atoms with Crippen LogP contribution in [-0.4, -0.2) is 51.7 Å². The number of carbonyl (C=O) groups is 2. The molecule has 2 N–H and O–H groups in total. The minimum Gasteiger partial charge on any atom is -0.351 e. The van der Waals surface area contributed by atoms with Gasteiger partial charge >= 0.3 is 6.18 Å². The molecule has 1 aromatic rings. The van der Waals surface area contributed by atoms with Crippen LogP contribution < -0.4 is 5.32 Å². The number of hydrogen-bond donors (Lipinski definition) is 2. The fraction of sp³-hybridized carbons (Fsp3) is 0.667. The molecule has 0 atom stereocenters. The van der Waals surface area contributed by atoms with Crippen molar-refractivity contribution in [3.63, 3.8) is 0 Å². The smallest absolute Gasteiger partial charge is 0.351 e. The van der Waals surface area contributed by atoms with Gasteiger partial charge in [-0.1, -0.05) is 0 Å². The molecule has 1 fully saturated rings. The summed E-state index contributed by atoms with van der Waals surface area (Å²) in [5.41, 5.74) is -0.0162. The van der Waals surface area contributed by atoms with Crippen molar-refractivity contribution in [2.24, 2.45) is 0 Å². The topological polar surface area (TPSA) is 78.1 Å². The number of aromatic nitrogens is 2. The van der Waals surface area contributed by atoms with E-state index >= 15 is 0 Å². The number of carbonyl (C=O) groups excluding carboxylic acids is 2. The summed E-state index contributed by atoms with van der Waals surface area (Å²) in [5, 5.41) is 9.14. The standard InChI is InChI=1S/C15H21F3N4O2/c1-14(21-12(23)3-2-4-15(16,17)18)5-7-22(8-6-14)13(24)11-9-19-20-10-11/h9-10H,2-8H2,1H3,(H,19,20)(H,21,23). The first-order valence-corrected chi connectivity index (χ1v) is 7.84. The lowest BCUT2D eigenvalue weighted by Crippen LogP contribution is -2.54. The van der Waals surface area contributed by atoms with E-state index in [9.17, 15) is 22.8 Å². The van der Waals surface area contributed by atoms with E-state index in [1.54, 1.807) is 4.90 Å². The van der Waals surface area contributed by atoms with E-state index in [1.165, 1.54) is 12.4 Å². The molecule has 0 bridgehead atoms. The lowest BCUT2D eigenvalue weighted by Gasteiger charge is -2.40. The maximum Gasteiger partial charge on any atom is 0.389 e. The number of halogens is 3. The van der Waals surface area contributed by atoms with Crippen LogP contribution in [0.3, 0.4) is 0 Å². The Balaban J connectivity index is 1.77. The molecule has 2 amide bonds. The summed E-state index contributed by atoms with van der Waals surface area (Å²) in [6.07, 6.45) is -1.45.